The topological polar surface area (TPSA) is 12.9 Å². The molecule has 1 nitrogen and oxygen atoms in total. The molecule has 3 heteroatoms. The van der Waals surface area contributed by atoms with Crippen LogP contribution >= 0.6 is 24.0 Å². The minimum atomic E-state index is 0.735. The van der Waals surface area contributed by atoms with E-state index in [0.29, 0.717) is 0 Å². The SMILES string of the molecule is Cc1ccc2sc(CS)nc2c1. The Kier molecular flexibility index (Phi) is 2.07. The molecule has 62 valence electrons. The summed E-state index contributed by atoms with van der Waals surface area (Å²) in [5, 5.41) is 1.10. The first-order chi connectivity index (χ1) is 5.79. The molecule has 0 saturated heterocycles. The van der Waals surface area contributed by atoms with Gasteiger partial charge in [-0.15, -0.1) is 11.3 Å². The standard InChI is InChI=1S/C9H9NS2/c1-6-2-3-8-7(4-6)10-9(5-11)12-8/h2-4,11H,5H2,1H3. The van der Waals surface area contributed by atoms with Crippen LogP contribution in [0.1, 0.15) is 10.6 Å². The maximum atomic E-state index is 4.43. The lowest BCUT2D eigenvalue weighted by Gasteiger charge is -1.88. The maximum absolute atomic E-state index is 4.43. The molecule has 1 aromatic carbocycles. The van der Waals surface area contributed by atoms with E-state index in [1.54, 1.807) is 11.3 Å². The van der Waals surface area contributed by atoms with Crippen LogP contribution in [0.15, 0.2) is 18.2 Å². The van der Waals surface area contributed by atoms with Gasteiger partial charge in [-0.25, -0.2) is 4.98 Å². The van der Waals surface area contributed by atoms with Crippen molar-refractivity contribution in [3.63, 3.8) is 0 Å². The fourth-order valence-corrected chi connectivity index (χ4v) is 2.22. The first kappa shape index (κ1) is 8.08. The second-order valence-electron chi connectivity index (χ2n) is 2.74. The first-order valence-corrected chi connectivity index (χ1v) is 5.21. The Morgan fingerprint density at radius 1 is 1.50 bits per heavy atom. The summed E-state index contributed by atoms with van der Waals surface area (Å²) in [5.41, 5.74) is 2.36. The largest absolute Gasteiger partial charge is 0.240 e. The van der Waals surface area contributed by atoms with Crippen molar-refractivity contribution < 1.29 is 0 Å². The van der Waals surface area contributed by atoms with E-state index in [-0.39, 0.29) is 0 Å². The molecule has 0 radical (unpaired) electrons. The van der Waals surface area contributed by atoms with Gasteiger partial charge in [0.05, 0.1) is 10.2 Å². The van der Waals surface area contributed by atoms with Gasteiger partial charge >= 0.3 is 0 Å². The van der Waals surface area contributed by atoms with E-state index < -0.39 is 0 Å². The monoisotopic (exact) mass is 195 g/mol. The summed E-state index contributed by atoms with van der Waals surface area (Å²) in [4.78, 5) is 4.43. The zero-order valence-electron chi connectivity index (χ0n) is 6.74. The molecule has 0 N–H and O–H groups in total. The normalized spacial score (nSPS) is 10.8. The molecular weight excluding hydrogens is 186 g/mol. The molecule has 0 bridgehead atoms. The van der Waals surface area contributed by atoms with Crippen LogP contribution in [0.25, 0.3) is 10.2 Å². The minimum Gasteiger partial charge on any atom is -0.240 e. The Labute approximate surface area is 80.9 Å². The lowest BCUT2D eigenvalue weighted by Crippen LogP contribution is -1.73. The van der Waals surface area contributed by atoms with Gasteiger partial charge in [0, 0.05) is 5.75 Å². The second kappa shape index (κ2) is 3.07. The van der Waals surface area contributed by atoms with Crippen molar-refractivity contribution >= 4 is 34.2 Å². The molecule has 0 saturated carbocycles. The molecule has 0 spiro atoms. The van der Waals surface area contributed by atoms with E-state index in [0.717, 1.165) is 16.3 Å². The highest BCUT2D eigenvalue weighted by Gasteiger charge is 2.00. The van der Waals surface area contributed by atoms with Crippen LogP contribution < -0.4 is 0 Å². The summed E-state index contributed by atoms with van der Waals surface area (Å²) in [7, 11) is 0. The van der Waals surface area contributed by atoms with Crippen molar-refractivity contribution in [1.82, 2.24) is 4.98 Å². The molecule has 0 fully saturated rings. The van der Waals surface area contributed by atoms with Crippen molar-refractivity contribution in [1.29, 1.82) is 0 Å². The van der Waals surface area contributed by atoms with E-state index in [9.17, 15) is 0 Å². The maximum Gasteiger partial charge on any atom is 0.103 e. The predicted octanol–water partition coefficient (Wildman–Crippen LogP) is 3.03. The third kappa shape index (κ3) is 1.34. The van der Waals surface area contributed by atoms with Crippen LogP contribution in [0.5, 0.6) is 0 Å². The first-order valence-electron chi connectivity index (χ1n) is 3.76. The van der Waals surface area contributed by atoms with Crippen LogP contribution in [0.3, 0.4) is 0 Å². The fraction of sp³-hybridized carbons (Fsp3) is 0.222. The average Bonchev–Trinajstić information content (AvgIpc) is 2.46. The molecule has 0 unspecified atom stereocenters. The number of nitrogens with zero attached hydrogens (tertiary/aromatic N) is 1. The lowest BCUT2D eigenvalue weighted by atomic mass is 10.2. The predicted molar refractivity (Wildman–Crippen MR) is 57.0 cm³/mol. The highest BCUT2D eigenvalue weighted by atomic mass is 32.1. The molecule has 1 aromatic heterocycles. The number of aryl methyl sites for hydroxylation is 1. The summed E-state index contributed by atoms with van der Waals surface area (Å²) in [6.45, 7) is 2.08. The van der Waals surface area contributed by atoms with Crippen molar-refractivity contribution in [2.24, 2.45) is 0 Å². The van der Waals surface area contributed by atoms with Gasteiger partial charge < -0.3 is 0 Å². The zero-order valence-corrected chi connectivity index (χ0v) is 8.45. The lowest BCUT2D eigenvalue weighted by molar-refractivity contribution is 1.31. The number of aromatic nitrogens is 1. The molecule has 0 aliphatic rings. The minimum absolute atomic E-state index is 0.735. The van der Waals surface area contributed by atoms with E-state index >= 15 is 0 Å². The summed E-state index contributed by atoms with van der Waals surface area (Å²) in [5.74, 6) is 0.735. The third-order valence-electron chi connectivity index (χ3n) is 1.72. The smallest absolute Gasteiger partial charge is 0.103 e. The van der Waals surface area contributed by atoms with Crippen molar-refractivity contribution in [3.8, 4) is 0 Å². The molecule has 2 aromatic rings. The summed E-state index contributed by atoms with van der Waals surface area (Å²) in [6.07, 6.45) is 0. The molecule has 2 rings (SSSR count). The van der Waals surface area contributed by atoms with Gasteiger partial charge in [-0.1, -0.05) is 6.07 Å². The zero-order chi connectivity index (χ0) is 8.55. The second-order valence-corrected chi connectivity index (χ2v) is 4.17. The van der Waals surface area contributed by atoms with E-state index in [1.807, 2.05) is 0 Å². The van der Waals surface area contributed by atoms with Crippen LogP contribution in [-0.4, -0.2) is 4.98 Å². The third-order valence-corrected chi connectivity index (χ3v) is 3.27. The summed E-state index contributed by atoms with van der Waals surface area (Å²) < 4.78 is 1.25. The molecular formula is C9H9NS2. The van der Waals surface area contributed by atoms with E-state index in [2.05, 4.69) is 42.7 Å². The van der Waals surface area contributed by atoms with Crippen molar-refractivity contribution in [2.45, 2.75) is 12.7 Å². The Hall–Kier alpha value is -0.540. The highest BCUT2D eigenvalue weighted by molar-refractivity contribution is 7.79. The van der Waals surface area contributed by atoms with Gasteiger partial charge in [0.2, 0.25) is 0 Å². The number of hydrogen-bond donors (Lipinski definition) is 1. The van der Waals surface area contributed by atoms with Crippen LogP contribution in [0, 0.1) is 6.92 Å². The Bertz CT molecular complexity index is 406. The Balaban J connectivity index is 2.67. The van der Waals surface area contributed by atoms with Gasteiger partial charge in [0.1, 0.15) is 5.01 Å². The van der Waals surface area contributed by atoms with Crippen molar-refractivity contribution in [2.75, 3.05) is 0 Å². The quantitative estimate of drug-likeness (QED) is 0.690. The van der Waals surface area contributed by atoms with Gasteiger partial charge in [-0.05, 0) is 24.6 Å². The molecule has 12 heavy (non-hydrogen) atoms. The van der Waals surface area contributed by atoms with Gasteiger partial charge in [-0.2, -0.15) is 12.6 Å². The van der Waals surface area contributed by atoms with Gasteiger partial charge in [0.15, 0.2) is 0 Å². The van der Waals surface area contributed by atoms with Crippen LogP contribution in [0.4, 0.5) is 0 Å². The Morgan fingerprint density at radius 3 is 3.08 bits per heavy atom. The average molecular weight is 195 g/mol. The highest BCUT2D eigenvalue weighted by Crippen LogP contribution is 2.23. The van der Waals surface area contributed by atoms with Gasteiger partial charge in [-0.3, -0.25) is 0 Å². The van der Waals surface area contributed by atoms with Gasteiger partial charge in [0.25, 0.3) is 0 Å². The molecule has 1 heterocycles. The van der Waals surface area contributed by atoms with E-state index in [4.69, 9.17) is 0 Å². The number of thiazole rings is 1. The van der Waals surface area contributed by atoms with Crippen LogP contribution in [0.2, 0.25) is 0 Å². The van der Waals surface area contributed by atoms with Crippen molar-refractivity contribution in [3.05, 3.63) is 28.8 Å². The number of benzene rings is 1. The Morgan fingerprint density at radius 2 is 2.33 bits per heavy atom. The van der Waals surface area contributed by atoms with Crippen LogP contribution in [-0.2, 0) is 5.75 Å². The fourth-order valence-electron chi connectivity index (χ4n) is 1.15. The summed E-state index contributed by atoms with van der Waals surface area (Å²) in [6, 6.07) is 6.34. The number of thiol groups is 1. The molecule has 0 atom stereocenters. The van der Waals surface area contributed by atoms with E-state index in [1.165, 1.54) is 10.3 Å². The molecule has 0 aliphatic heterocycles. The summed E-state index contributed by atoms with van der Waals surface area (Å²) >= 11 is 5.91. The molecule has 0 aliphatic carbocycles. The number of hydrogen-bond acceptors (Lipinski definition) is 3. The number of fused-ring (bicyclic) bond motifs is 1. The number of rotatable bonds is 1. The molecule has 0 amide bonds.